The van der Waals surface area contributed by atoms with Crippen molar-refractivity contribution in [3.05, 3.63) is 65.7 Å². The number of rotatable bonds is 8. The van der Waals surface area contributed by atoms with E-state index in [2.05, 4.69) is 15.5 Å². The van der Waals surface area contributed by atoms with Gasteiger partial charge in [0.25, 0.3) is 0 Å². The molecule has 0 aliphatic carbocycles. The Labute approximate surface area is 198 Å². The lowest BCUT2D eigenvalue weighted by Crippen LogP contribution is -2.44. The van der Waals surface area contributed by atoms with Crippen molar-refractivity contribution in [3.8, 4) is 10.6 Å². The van der Waals surface area contributed by atoms with Crippen molar-refractivity contribution in [3.63, 3.8) is 0 Å². The van der Waals surface area contributed by atoms with Crippen molar-refractivity contribution >= 4 is 32.4 Å². The van der Waals surface area contributed by atoms with Gasteiger partial charge in [-0.25, -0.2) is 12.7 Å². The molecular formula is C24H28N4O3S2. The van der Waals surface area contributed by atoms with Crippen LogP contribution in [0.2, 0.25) is 0 Å². The number of aromatic nitrogens is 2. The van der Waals surface area contributed by atoms with Gasteiger partial charge in [0.05, 0.1) is 11.7 Å². The highest BCUT2D eigenvalue weighted by Gasteiger charge is 2.32. The molecule has 33 heavy (non-hydrogen) atoms. The number of nitrogens with zero attached hydrogens (tertiary/aromatic N) is 3. The molecular weight excluding hydrogens is 456 g/mol. The van der Waals surface area contributed by atoms with E-state index in [-0.39, 0.29) is 18.2 Å². The van der Waals surface area contributed by atoms with Crippen LogP contribution in [0.4, 0.5) is 5.13 Å². The Morgan fingerprint density at radius 1 is 1.12 bits per heavy atom. The van der Waals surface area contributed by atoms with Gasteiger partial charge >= 0.3 is 0 Å². The van der Waals surface area contributed by atoms with Crippen molar-refractivity contribution in [1.82, 2.24) is 14.5 Å². The van der Waals surface area contributed by atoms with Crippen LogP contribution >= 0.6 is 11.3 Å². The van der Waals surface area contributed by atoms with E-state index >= 15 is 0 Å². The van der Waals surface area contributed by atoms with E-state index < -0.39 is 15.9 Å². The van der Waals surface area contributed by atoms with Crippen molar-refractivity contribution in [1.29, 1.82) is 0 Å². The number of hydrogen-bond acceptors (Lipinski definition) is 6. The minimum absolute atomic E-state index is 0.0898. The number of anilines is 1. The van der Waals surface area contributed by atoms with Gasteiger partial charge in [-0.15, -0.1) is 10.2 Å². The second-order valence-corrected chi connectivity index (χ2v) is 11.4. The first kappa shape index (κ1) is 23.5. The molecule has 1 fully saturated rings. The lowest BCUT2D eigenvalue weighted by atomic mass is 9.99. The van der Waals surface area contributed by atoms with E-state index in [1.54, 1.807) is 0 Å². The zero-order chi connectivity index (χ0) is 23.3. The van der Waals surface area contributed by atoms with Crippen molar-refractivity contribution in [2.24, 2.45) is 5.92 Å². The largest absolute Gasteiger partial charge is 0.300 e. The van der Waals surface area contributed by atoms with Crippen LogP contribution in [0.1, 0.15) is 30.4 Å². The number of carbonyl (C=O) groups excluding carboxylic acids is 1. The van der Waals surface area contributed by atoms with E-state index in [4.69, 9.17) is 0 Å². The minimum atomic E-state index is -3.40. The number of piperidine rings is 1. The van der Waals surface area contributed by atoms with E-state index in [0.717, 1.165) is 28.1 Å². The fourth-order valence-corrected chi connectivity index (χ4v) is 6.27. The van der Waals surface area contributed by atoms with Gasteiger partial charge in [0.15, 0.2) is 0 Å². The third kappa shape index (κ3) is 6.25. The first-order chi connectivity index (χ1) is 15.9. The van der Waals surface area contributed by atoms with Crippen molar-refractivity contribution in [2.45, 2.75) is 32.6 Å². The summed E-state index contributed by atoms with van der Waals surface area (Å²) < 4.78 is 27.2. The molecule has 1 aliphatic heterocycles. The molecule has 0 radical (unpaired) electrons. The second kappa shape index (κ2) is 10.5. The molecule has 9 heteroatoms. The molecule has 0 spiro atoms. The topological polar surface area (TPSA) is 92.3 Å². The van der Waals surface area contributed by atoms with Crippen LogP contribution in [0.25, 0.3) is 10.6 Å². The van der Waals surface area contributed by atoms with Crippen LogP contribution < -0.4 is 5.32 Å². The first-order valence-electron chi connectivity index (χ1n) is 11.1. The highest BCUT2D eigenvalue weighted by atomic mass is 32.2. The molecule has 2 heterocycles. The maximum atomic E-state index is 12.9. The number of hydrogen-bond donors (Lipinski definition) is 1. The number of amides is 1. The third-order valence-corrected chi connectivity index (χ3v) is 8.62. The van der Waals surface area contributed by atoms with E-state index in [9.17, 15) is 13.2 Å². The predicted octanol–water partition coefficient (Wildman–Crippen LogP) is 4.13. The average molecular weight is 485 g/mol. The maximum Gasteiger partial charge on any atom is 0.230 e. The number of carbonyl (C=O) groups is 1. The summed E-state index contributed by atoms with van der Waals surface area (Å²) >= 11 is 1.31. The molecule has 4 rings (SSSR count). The minimum Gasteiger partial charge on any atom is -0.300 e. The van der Waals surface area contributed by atoms with Crippen molar-refractivity contribution in [2.75, 3.05) is 24.2 Å². The number of nitrogens with one attached hydrogen (secondary N) is 1. The van der Waals surface area contributed by atoms with Gasteiger partial charge in [0.2, 0.25) is 21.1 Å². The summed E-state index contributed by atoms with van der Waals surface area (Å²) in [6, 6.07) is 17.8. The van der Waals surface area contributed by atoms with Gasteiger partial charge in [-0.1, -0.05) is 71.5 Å². The molecule has 0 unspecified atom stereocenters. The van der Waals surface area contributed by atoms with Crippen LogP contribution in [-0.2, 0) is 21.2 Å². The number of aryl methyl sites for hydroxylation is 2. The summed E-state index contributed by atoms with van der Waals surface area (Å²) in [5, 5.41) is 12.3. The highest BCUT2D eigenvalue weighted by Crippen LogP contribution is 2.28. The van der Waals surface area contributed by atoms with E-state index in [1.807, 2.05) is 61.5 Å². The second-order valence-electron chi connectivity index (χ2n) is 8.37. The molecule has 1 aromatic heterocycles. The molecule has 1 atom stereocenters. The third-order valence-electron chi connectivity index (χ3n) is 5.81. The van der Waals surface area contributed by atoms with Crippen LogP contribution in [0.15, 0.2) is 54.6 Å². The summed E-state index contributed by atoms with van der Waals surface area (Å²) in [4.78, 5) is 12.8. The lowest BCUT2D eigenvalue weighted by molar-refractivity contribution is -0.120. The van der Waals surface area contributed by atoms with Gasteiger partial charge in [-0.3, -0.25) is 4.79 Å². The first-order valence-corrected chi connectivity index (χ1v) is 13.6. The lowest BCUT2D eigenvalue weighted by Gasteiger charge is -2.31. The summed E-state index contributed by atoms with van der Waals surface area (Å²) in [7, 11) is -3.40. The fraction of sp³-hybridized carbons (Fsp3) is 0.375. The molecule has 1 N–H and O–H groups in total. The van der Waals surface area contributed by atoms with Crippen LogP contribution in [0.3, 0.4) is 0 Å². The normalized spacial score (nSPS) is 17.1. The summed E-state index contributed by atoms with van der Waals surface area (Å²) in [6.45, 7) is 2.70. The predicted molar refractivity (Wildman–Crippen MR) is 132 cm³/mol. The summed E-state index contributed by atoms with van der Waals surface area (Å²) in [5.41, 5.74) is 3.24. The summed E-state index contributed by atoms with van der Waals surface area (Å²) in [6.07, 6.45) is 2.61. The number of sulfonamides is 1. The van der Waals surface area contributed by atoms with Gasteiger partial charge in [0, 0.05) is 18.7 Å². The molecule has 1 saturated heterocycles. The Morgan fingerprint density at radius 3 is 2.64 bits per heavy atom. The Hall–Kier alpha value is -2.62. The summed E-state index contributed by atoms with van der Waals surface area (Å²) in [5.74, 6) is -0.507. The molecule has 174 valence electrons. The van der Waals surface area contributed by atoms with Crippen LogP contribution in [0, 0.1) is 12.8 Å². The quantitative estimate of drug-likeness (QED) is 0.519. The number of benzene rings is 2. The monoisotopic (exact) mass is 484 g/mol. The standard InChI is InChI=1S/C24H28N4O3S2/c1-18-11-13-20(14-12-18)23-26-27-24(32-23)25-22(29)21-10-5-15-28(17-21)33(30,31)16-6-9-19-7-3-2-4-8-19/h2-4,7-8,11-14,21H,5-6,9-10,15-17H2,1H3,(H,25,27,29)/t21-/m0/s1. The molecule has 0 bridgehead atoms. The van der Waals surface area contributed by atoms with Gasteiger partial charge in [-0.2, -0.15) is 0 Å². The Balaban J connectivity index is 1.32. The van der Waals surface area contributed by atoms with Crippen LogP contribution in [0.5, 0.6) is 0 Å². The average Bonchev–Trinajstić information content (AvgIpc) is 3.28. The molecule has 7 nitrogen and oxygen atoms in total. The molecule has 1 aliphatic rings. The molecule has 0 saturated carbocycles. The van der Waals surface area contributed by atoms with Gasteiger partial charge < -0.3 is 5.32 Å². The zero-order valence-corrected chi connectivity index (χ0v) is 20.2. The molecule has 2 aromatic carbocycles. The van der Waals surface area contributed by atoms with Crippen molar-refractivity contribution < 1.29 is 13.2 Å². The SMILES string of the molecule is Cc1ccc(-c2nnc(NC(=O)[C@H]3CCCN(S(=O)(=O)CCCc4ccccc4)C3)s2)cc1. The Kier molecular flexibility index (Phi) is 7.52. The maximum absolute atomic E-state index is 12.9. The Bertz CT molecular complexity index is 1180. The van der Waals surface area contributed by atoms with Crippen LogP contribution in [-0.4, -0.2) is 47.7 Å². The molecule has 1 amide bonds. The van der Waals surface area contributed by atoms with Gasteiger partial charge in [-0.05, 0) is 38.2 Å². The highest BCUT2D eigenvalue weighted by molar-refractivity contribution is 7.89. The Morgan fingerprint density at radius 2 is 1.88 bits per heavy atom. The smallest absolute Gasteiger partial charge is 0.230 e. The van der Waals surface area contributed by atoms with E-state index in [0.29, 0.717) is 30.9 Å². The fourth-order valence-electron chi connectivity index (χ4n) is 3.94. The van der Waals surface area contributed by atoms with Gasteiger partial charge in [0.1, 0.15) is 5.01 Å². The zero-order valence-electron chi connectivity index (χ0n) is 18.6. The van der Waals surface area contributed by atoms with E-state index in [1.165, 1.54) is 15.6 Å². The molecule has 3 aromatic rings.